The molecule has 24 aromatic rings. The van der Waals surface area contributed by atoms with Crippen molar-refractivity contribution >= 4 is 150 Å². The van der Waals surface area contributed by atoms with Gasteiger partial charge in [0, 0.05) is 138 Å². The van der Waals surface area contributed by atoms with Crippen LogP contribution in [-0.2, 0) is 98.1 Å². The molecule has 9 heteroatoms. The Morgan fingerprint density at radius 3 is 0.991 bits per heavy atom. The first-order chi connectivity index (χ1) is 56.6. The van der Waals surface area contributed by atoms with Gasteiger partial charge in [-0.15, -0.1) is 45.8 Å². The third-order valence-corrected chi connectivity index (χ3v) is 25.0. The van der Waals surface area contributed by atoms with Crippen LogP contribution < -0.4 is 0 Å². The number of benzene rings is 18. The summed E-state index contributed by atoms with van der Waals surface area (Å²) >= 11 is 3.77. The van der Waals surface area contributed by atoms with Crippen LogP contribution in [0.25, 0.3) is 206 Å². The van der Waals surface area contributed by atoms with E-state index in [2.05, 4.69) is 401 Å². The number of hydrogen-bond acceptors (Lipinski definition) is 2. The maximum absolute atomic E-state index is 3.75. The Bertz CT molecular complexity index is 7780. The summed E-state index contributed by atoms with van der Waals surface area (Å²) in [4.78, 5) is 0. The van der Waals surface area contributed by atoms with Crippen molar-refractivity contribution in [1.29, 1.82) is 0 Å². The summed E-state index contributed by atoms with van der Waals surface area (Å²) in [6, 6.07) is 148. The van der Waals surface area contributed by atoms with Gasteiger partial charge in [-0.1, -0.05) is 359 Å². The summed E-state index contributed by atoms with van der Waals surface area (Å²) in [5, 5.41) is 19.1. The third-order valence-electron chi connectivity index (χ3n) is 22.4. The van der Waals surface area contributed by atoms with E-state index in [0.29, 0.717) is 0 Å². The minimum absolute atomic E-state index is 0. The molecule has 4 nitrogen and oxygen atoms in total. The van der Waals surface area contributed by atoms with E-state index in [1.165, 1.54) is 144 Å². The molecular formula is C108H64N4S2Y3-6. The predicted molar refractivity (Wildman–Crippen MR) is 483 cm³/mol. The van der Waals surface area contributed by atoms with Crippen LogP contribution in [0.4, 0.5) is 0 Å². The molecule has 0 saturated heterocycles. The van der Waals surface area contributed by atoms with Gasteiger partial charge in [-0.05, 0) is 119 Å². The fourth-order valence-electron chi connectivity index (χ4n) is 17.3. The molecule has 0 bridgehead atoms. The molecule has 0 aliphatic heterocycles. The zero-order valence-electron chi connectivity index (χ0n) is 63.3. The normalized spacial score (nSPS) is 11.4. The summed E-state index contributed by atoms with van der Waals surface area (Å²) in [6.45, 7) is 0. The largest absolute Gasteiger partial charge is 0.439 e. The molecule has 18 aromatic carbocycles. The fourth-order valence-corrected chi connectivity index (χ4v) is 20.0. The van der Waals surface area contributed by atoms with E-state index >= 15 is 0 Å². The van der Waals surface area contributed by atoms with Crippen LogP contribution in [0.5, 0.6) is 0 Å². The van der Waals surface area contributed by atoms with Gasteiger partial charge in [0.1, 0.15) is 0 Å². The molecule has 6 heterocycles. The third kappa shape index (κ3) is 13.3. The summed E-state index contributed by atoms with van der Waals surface area (Å²) in [5.41, 5.74) is 21.9. The summed E-state index contributed by atoms with van der Waals surface area (Å²) in [5.74, 6) is 0. The van der Waals surface area contributed by atoms with Crippen LogP contribution in [0.3, 0.4) is 0 Å². The maximum atomic E-state index is 3.75. The van der Waals surface area contributed by atoms with E-state index in [-0.39, 0.29) is 98.1 Å². The van der Waals surface area contributed by atoms with Gasteiger partial charge in [0.05, 0.1) is 11.0 Å². The van der Waals surface area contributed by atoms with Gasteiger partial charge in [-0.3, -0.25) is 0 Å². The summed E-state index contributed by atoms with van der Waals surface area (Å²) < 4.78 is 14.0. The van der Waals surface area contributed by atoms with Gasteiger partial charge in [0.2, 0.25) is 0 Å². The van der Waals surface area contributed by atoms with E-state index in [0.717, 1.165) is 61.6 Å². The standard InChI is InChI=1S/C44H25NS.C32H20N2.C32H19NS.3Y/c1-2-12-29(13-3-1)45-27-41(36-18-8-9-23-42(36)45)39-22-11-21-38-37-20-10-19-30(43(37)46-44(38)39)28-24-25-35-33-16-5-4-14-31(33)32-15-6-7-17-34(32)40(35)26-28;1-2-11-23(12-3-1)29-22-33(30-18-7-4-17-28(29)30)24-13-10-14-25(21-24)34-31-19-8-5-15-26(31)27-16-6-9-20-32(27)34;1-3-11-22(12-4-1)24-16-9-17-26-27-18-10-19-28(32(27)34-31(24)26)29-21-33(23-13-5-2-6-14-23)30-20-8-7-15-25(29)30;;;/h1-12,14-26H;1-12,14-21H;1-13,15-20H;;;/q3*-2;;;. The molecule has 0 N–H and O–H groups in total. The zero-order chi connectivity index (χ0) is 75.2. The number of fused-ring (bicyclic) bond motifs is 18. The van der Waals surface area contributed by atoms with Crippen molar-refractivity contribution < 1.29 is 98.1 Å². The van der Waals surface area contributed by atoms with Crippen molar-refractivity contribution in [1.82, 2.24) is 18.3 Å². The molecule has 0 saturated carbocycles. The number of para-hydroxylation sites is 7. The molecular weight excluding hydrogens is 1680 g/mol. The Morgan fingerprint density at radius 1 is 0.197 bits per heavy atom. The van der Waals surface area contributed by atoms with Crippen molar-refractivity contribution in [2.45, 2.75) is 0 Å². The SMILES string of the molecule is [Y].[Y].[Y].[c-]1ccc(-n2c3ccccc3c3ccccc32)cc1-n1[c-]c(-c2ccccc2)c2ccccc21.[c-]1ccccc1-n1[c-]c(-c2cccc3c2sc2c(-c4ccc5c6ccccc6c6ccccc6c5c4)cccc23)c2ccccc21.[c-]1ccccc1-n1[c-]c(-c2cccc3c2sc2c(-c4ccccc4)cccc23)c2ccccc21. The number of nitrogens with zero attached hydrogens (tertiary/aromatic N) is 4. The quantitative estimate of drug-likeness (QED) is 0.101. The van der Waals surface area contributed by atoms with Crippen molar-refractivity contribution in [3.05, 3.63) is 425 Å². The van der Waals surface area contributed by atoms with E-state index in [4.69, 9.17) is 0 Å². The first-order valence-corrected chi connectivity index (χ1v) is 40.1. The van der Waals surface area contributed by atoms with Crippen LogP contribution in [0.15, 0.2) is 388 Å². The minimum Gasteiger partial charge on any atom is -0.439 e. The van der Waals surface area contributed by atoms with E-state index in [1.54, 1.807) is 0 Å². The maximum Gasteiger partial charge on any atom is 0.0518 e. The van der Waals surface area contributed by atoms with Gasteiger partial charge in [-0.2, -0.15) is 60.7 Å². The van der Waals surface area contributed by atoms with Gasteiger partial charge in [0.25, 0.3) is 0 Å². The second-order valence-corrected chi connectivity index (χ2v) is 30.9. The second kappa shape index (κ2) is 32.4. The Labute approximate surface area is 760 Å². The molecule has 6 aromatic heterocycles. The average molecular weight is 1750 g/mol. The number of hydrogen-bond donors (Lipinski definition) is 0. The Morgan fingerprint density at radius 2 is 0.530 bits per heavy atom. The van der Waals surface area contributed by atoms with E-state index in [9.17, 15) is 0 Å². The smallest absolute Gasteiger partial charge is 0.0518 e. The molecule has 0 fully saturated rings. The van der Waals surface area contributed by atoms with Crippen LogP contribution in [0.2, 0.25) is 0 Å². The number of aromatic nitrogens is 4. The van der Waals surface area contributed by atoms with Crippen molar-refractivity contribution in [2.24, 2.45) is 0 Å². The number of rotatable bonds is 9. The second-order valence-electron chi connectivity index (χ2n) is 28.8. The molecule has 0 amide bonds. The van der Waals surface area contributed by atoms with E-state index < -0.39 is 0 Å². The monoisotopic (exact) mass is 1750 g/mol. The van der Waals surface area contributed by atoms with Crippen LogP contribution in [0.1, 0.15) is 0 Å². The Balaban J connectivity index is 0.000000117. The topological polar surface area (TPSA) is 19.7 Å². The van der Waals surface area contributed by atoms with Crippen molar-refractivity contribution in [2.75, 3.05) is 0 Å². The Kier molecular flexibility index (Phi) is 21.0. The zero-order valence-corrected chi connectivity index (χ0v) is 73.4. The fraction of sp³-hybridized carbons (Fsp3) is 0. The molecule has 0 atom stereocenters. The molecule has 0 unspecified atom stereocenters. The summed E-state index contributed by atoms with van der Waals surface area (Å²) in [7, 11) is 0. The van der Waals surface area contributed by atoms with E-state index in [1.807, 2.05) is 65.1 Å². The van der Waals surface area contributed by atoms with Crippen molar-refractivity contribution in [3.63, 3.8) is 0 Å². The number of thiophene rings is 2. The van der Waals surface area contributed by atoms with Crippen molar-refractivity contribution in [3.8, 4) is 78.4 Å². The van der Waals surface area contributed by atoms with Gasteiger partial charge in [0.15, 0.2) is 0 Å². The molecule has 0 aliphatic rings. The minimum atomic E-state index is 0. The van der Waals surface area contributed by atoms with Crippen LogP contribution >= 0.6 is 22.7 Å². The molecule has 0 aliphatic carbocycles. The first kappa shape index (κ1) is 75.9. The molecule has 24 rings (SSSR count). The predicted octanol–water partition coefficient (Wildman–Crippen LogP) is 29.3. The first-order valence-electron chi connectivity index (χ1n) is 38.5. The van der Waals surface area contributed by atoms with Gasteiger partial charge < -0.3 is 18.3 Å². The molecule has 543 valence electrons. The van der Waals surface area contributed by atoms with Gasteiger partial charge in [-0.25, -0.2) is 18.2 Å². The Hall–Kier alpha value is -11.1. The van der Waals surface area contributed by atoms with Gasteiger partial charge >= 0.3 is 0 Å². The molecule has 0 spiro atoms. The summed E-state index contributed by atoms with van der Waals surface area (Å²) in [6.07, 6.45) is 11.1. The van der Waals surface area contributed by atoms with Crippen LogP contribution in [0, 0.1) is 36.8 Å². The molecule has 117 heavy (non-hydrogen) atoms. The average Bonchev–Trinajstić information content (AvgIpc) is 1.70. The van der Waals surface area contributed by atoms with Crippen LogP contribution in [-0.4, -0.2) is 18.3 Å². The molecule has 3 radical (unpaired) electrons.